The second kappa shape index (κ2) is 6.33. The normalized spacial score (nSPS) is 12.8. The Morgan fingerprint density at radius 1 is 1.47 bits per heavy atom. The number of benzene rings is 1. The van der Waals surface area contributed by atoms with Crippen LogP contribution in [-0.4, -0.2) is 28.7 Å². The number of rotatable bonds is 5. The summed E-state index contributed by atoms with van der Waals surface area (Å²) in [4.78, 5) is 0. The van der Waals surface area contributed by atoms with Crippen LogP contribution in [-0.2, 0) is 5.75 Å². The summed E-state index contributed by atoms with van der Waals surface area (Å²) >= 11 is 6.97. The number of hydrogen-bond donors (Lipinski definition) is 2. The summed E-state index contributed by atoms with van der Waals surface area (Å²) in [6, 6.07) is 4.62. The number of halogens is 2. The second-order valence-corrected chi connectivity index (χ2v) is 4.54. The summed E-state index contributed by atoms with van der Waals surface area (Å²) in [5, 5.41) is 17.8. The maximum absolute atomic E-state index is 13.0. The minimum atomic E-state index is -0.716. The van der Waals surface area contributed by atoms with Crippen molar-refractivity contribution in [3.8, 4) is 0 Å². The van der Waals surface area contributed by atoms with E-state index in [1.807, 2.05) is 0 Å². The first-order chi connectivity index (χ1) is 7.13. The van der Waals surface area contributed by atoms with Crippen LogP contribution in [0.2, 0.25) is 5.02 Å². The zero-order chi connectivity index (χ0) is 11.3. The summed E-state index contributed by atoms with van der Waals surface area (Å²) < 4.78 is 13.0. The summed E-state index contributed by atoms with van der Waals surface area (Å²) in [7, 11) is 0. The van der Waals surface area contributed by atoms with Crippen LogP contribution in [0.25, 0.3) is 0 Å². The summed E-state index contributed by atoms with van der Waals surface area (Å²) in [5.41, 5.74) is 0.812. The van der Waals surface area contributed by atoms with Gasteiger partial charge in [-0.05, 0) is 17.7 Å². The molecule has 0 spiro atoms. The molecule has 0 heterocycles. The summed E-state index contributed by atoms with van der Waals surface area (Å²) in [6.07, 6.45) is -0.716. The molecule has 0 aliphatic heterocycles. The zero-order valence-corrected chi connectivity index (χ0v) is 9.56. The molecule has 0 bridgehead atoms. The molecule has 1 rings (SSSR count). The third-order valence-electron chi connectivity index (χ3n) is 1.77. The molecule has 15 heavy (non-hydrogen) atoms. The molecule has 0 amide bonds. The Kier molecular flexibility index (Phi) is 5.39. The smallest absolute Gasteiger partial charge is 0.142 e. The Morgan fingerprint density at radius 3 is 2.80 bits per heavy atom. The fourth-order valence-electron chi connectivity index (χ4n) is 0.995. The summed E-state index contributed by atoms with van der Waals surface area (Å²) in [6.45, 7) is -0.248. The highest BCUT2D eigenvalue weighted by Gasteiger charge is 2.04. The van der Waals surface area contributed by atoms with Gasteiger partial charge in [0.15, 0.2) is 0 Å². The Morgan fingerprint density at radius 2 is 2.20 bits per heavy atom. The highest BCUT2D eigenvalue weighted by atomic mass is 35.5. The lowest BCUT2D eigenvalue weighted by molar-refractivity contribution is 0.113. The van der Waals surface area contributed by atoms with Crippen molar-refractivity contribution < 1.29 is 14.6 Å². The molecule has 5 heteroatoms. The SMILES string of the molecule is OCC(O)CSCc1ccc(Cl)c(F)c1. The first-order valence-electron chi connectivity index (χ1n) is 4.44. The molecule has 0 saturated carbocycles. The van der Waals surface area contributed by atoms with Crippen molar-refractivity contribution in [2.75, 3.05) is 12.4 Å². The van der Waals surface area contributed by atoms with Crippen LogP contribution in [0.1, 0.15) is 5.56 Å². The quantitative estimate of drug-likeness (QED) is 0.841. The van der Waals surface area contributed by atoms with E-state index in [1.54, 1.807) is 6.07 Å². The molecule has 0 saturated heterocycles. The topological polar surface area (TPSA) is 40.5 Å². The van der Waals surface area contributed by atoms with E-state index in [-0.39, 0.29) is 11.6 Å². The molecule has 0 fully saturated rings. The lowest BCUT2D eigenvalue weighted by Crippen LogP contribution is -2.14. The number of hydrogen-bond acceptors (Lipinski definition) is 3. The van der Waals surface area contributed by atoms with E-state index < -0.39 is 11.9 Å². The predicted molar refractivity (Wildman–Crippen MR) is 60.7 cm³/mol. The average molecular weight is 251 g/mol. The van der Waals surface area contributed by atoms with Crippen LogP contribution in [0.5, 0.6) is 0 Å². The number of aliphatic hydroxyl groups is 2. The molecule has 2 nitrogen and oxygen atoms in total. The van der Waals surface area contributed by atoms with Crippen molar-refractivity contribution in [2.45, 2.75) is 11.9 Å². The van der Waals surface area contributed by atoms with Gasteiger partial charge in [0.2, 0.25) is 0 Å². The van der Waals surface area contributed by atoms with Crippen molar-refractivity contribution >= 4 is 23.4 Å². The Hall–Kier alpha value is -0.290. The van der Waals surface area contributed by atoms with Gasteiger partial charge in [-0.15, -0.1) is 0 Å². The number of aliphatic hydroxyl groups excluding tert-OH is 2. The highest BCUT2D eigenvalue weighted by molar-refractivity contribution is 7.98. The molecule has 2 N–H and O–H groups in total. The molecule has 1 aromatic carbocycles. The third-order valence-corrected chi connectivity index (χ3v) is 3.24. The fourth-order valence-corrected chi connectivity index (χ4v) is 2.02. The van der Waals surface area contributed by atoms with Gasteiger partial charge < -0.3 is 10.2 Å². The van der Waals surface area contributed by atoms with Crippen LogP contribution in [0.15, 0.2) is 18.2 Å². The van der Waals surface area contributed by atoms with Gasteiger partial charge in [0.1, 0.15) is 5.82 Å². The minimum absolute atomic E-state index is 0.110. The van der Waals surface area contributed by atoms with Crippen LogP contribution in [0.4, 0.5) is 4.39 Å². The Labute approximate surface area is 97.1 Å². The summed E-state index contributed by atoms with van der Waals surface area (Å²) in [5.74, 6) is 0.587. The van der Waals surface area contributed by atoms with Gasteiger partial charge in [-0.1, -0.05) is 17.7 Å². The third kappa shape index (κ3) is 4.38. The molecule has 0 aliphatic rings. The second-order valence-electron chi connectivity index (χ2n) is 3.10. The van der Waals surface area contributed by atoms with Crippen molar-refractivity contribution in [3.05, 3.63) is 34.6 Å². The van der Waals surface area contributed by atoms with Gasteiger partial charge in [-0.3, -0.25) is 0 Å². The molecular weight excluding hydrogens is 239 g/mol. The van der Waals surface area contributed by atoms with Crippen molar-refractivity contribution in [3.63, 3.8) is 0 Å². The van der Waals surface area contributed by atoms with Crippen LogP contribution < -0.4 is 0 Å². The van der Waals surface area contributed by atoms with Crippen molar-refractivity contribution in [1.29, 1.82) is 0 Å². The van der Waals surface area contributed by atoms with Gasteiger partial charge in [0.05, 0.1) is 17.7 Å². The van der Waals surface area contributed by atoms with E-state index in [4.69, 9.17) is 21.8 Å². The first kappa shape index (κ1) is 12.8. The van der Waals surface area contributed by atoms with E-state index in [0.29, 0.717) is 11.5 Å². The molecule has 1 unspecified atom stereocenters. The maximum atomic E-state index is 13.0. The molecule has 0 aliphatic carbocycles. The van der Waals surface area contributed by atoms with E-state index >= 15 is 0 Å². The van der Waals surface area contributed by atoms with Gasteiger partial charge in [-0.2, -0.15) is 11.8 Å². The molecule has 84 valence electrons. The van der Waals surface area contributed by atoms with Gasteiger partial charge in [-0.25, -0.2) is 4.39 Å². The standard InChI is InChI=1S/C10H12ClFO2S/c11-9-2-1-7(3-10(9)12)5-15-6-8(14)4-13/h1-3,8,13-14H,4-6H2. The monoisotopic (exact) mass is 250 g/mol. The maximum Gasteiger partial charge on any atom is 0.142 e. The number of thioether (sulfide) groups is 1. The lowest BCUT2D eigenvalue weighted by Gasteiger charge is -2.06. The van der Waals surface area contributed by atoms with E-state index in [1.165, 1.54) is 23.9 Å². The molecule has 0 radical (unpaired) electrons. The van der Waals surface area contributed by atoms with Gasteiger partial charge >= 0.3 is 0 Å². The van der Waals surface area contributed by atoms with Gasteiger partial charge in [0.25, 0.3) is 0 Å². The van der Waals surface area contributed by atoms with Crippen LogP contribution >= 0.6 is 23.4 Å². The van der Waals surface area contributed by atoms with E-state index in [2.05, 4.69) is 0 Å². The van der Waals surface area contributed by atoms with Gasteiger partial charge in [0, 0.05) is 11.5 Å². The van der Waals surface area contributed by atoms with E-state index in [0.717, 1.165) is 5.56 Å². The predicted octanol–water partition coefficient (Wildman–Crippen LogP) is 2.07. The van der Waals surface area contributed by atoms with Crippen LogP contribution in [0, 0.1) is 5.82 Å². The fraction of sp³-hybridized carbons (Fsp3) is 0.400. The minimum Gasteiger partial charge on any atom is -0.394 e. The Balaban J connectivity index is 2.41. The Bertz CT molecular complexity index is 322. The zero-order valence-electron chi connectivity index (χ0n) is 7.99. The van der Waals surface area contributed by atoms with Crippen LogP contribution in [0.3, 0.4) is 0 Å². The van der Waals surface area contributed by atoms with Crippen molar-refractivity contribution in [1.82, 2.24) is 0 Å². The lowest BCUT2D eigenvalue weighted by atomic mass is 10.2. The first-order valence-corrected chi connectivity index (χ1v) is 5.97. The molecule has 1 aromatic rings. The molecular formula is C10H12ClFO2S. The highest BCUT2D eigenvalue weighted by Crippen LogP contribution is 2.19. The average Bonchev–Trinajstić information content (AvgIpc) is 2.23. The van der Waals surface area contributed by atoms with E-state index in [9.17, 15) is 4.39 Å². The molecule has 1 atom stereocenters. The molecule has 0 aromatic heterocycles. The van der Waals surface area contributed by atoms with Crippen molar-refractivity contribution in [2.24, 2.45) is 0 Å². The largest absolute Gasteiger partial charge is 0.394 e.